The number of amides is 1. The summed E-state index contributed by atoms with van der Waals surface area (Å²) in [6, 6.07) is 12.3. The molecule has 2 aromatic rings. The molecule has 1 heterocycles. The quantitative estimate of drug-likeness (QED) is 0.873. The summed E-state index contributed by atoms with van der Waals surface area (Å²) in [6.07, 6.45) is 1.62. The Hall–Kier alpha value is -2.54. The van der Waals surface area contributed by atoms with Crippen LogP contribution in [0.1, 0.15) is 29.3 Å². The molecule has 0 spiro atoms. The normalized spacial score (nSPS) is 13.8. The number of ether oxygens (including phenoxy) is 1. The Kier molecular flexibility index (Phi) is 5.18. The molecule has 138 valence electrons. The number of carbonyl (C=O) groups is 1. The van der Waals surface area contributed by atoms with Crippen LogP contribution in [0.2, 0.25) is 0 Å². The summed E-state index contributed by atoms with van der Waals surface area (Å²) in [5.74, 6) is 0.375. The van der Waals surface area contributed by atoms with Crippen LogP contribution in [0.3, 0.4) is 0 Å². The van der Waals surface area contributed by atoms with Gasteiger partial charge in [-0.2, -0.15) is 0 Å². The molecule has 26 heavy (non-hydrogen) atoms. The van der Waals surface area contributed by atoms with Crippen LogP contribution in [0.15, 0.2) is 42.5 Å². The summed E-state index contributed by atoms with van der Waals surface area (Å²) in [4.78, 5) is 12.5. The fraction of sp³-hybridized carbons (Fsp3) is 0.316. The summed E-state index contributed by atoms with van der Waals surface area (Å²) >= 11 is 0. The summed E-state index contributed by atoms with van der Waals surface area (Å²) in [5.41, 5.74) is 2.67. The second-order valence-electron chi connectivity index (χ2n) is 6.11. The average molecular weight is 374 g/mol. The van der Waals surface area contributed by atoms with Crippen LogP contribution >= 0.6 is 0 Å². The lowest BCUT2D eigenvalue weighted by Crippen LogP contribution is -2.36. The maximum absolute atomic E-state index is 12.5. The van der Waals surface area contributed by atoms with Crippen LogP contribution in [0.25, 0.3) is 0 Å². The summed E-state index contributed by atoms with van der Waals surface area (Å²) in [5, 5.41) is 2.83. The first-order valence-corrected chi connectivity index (χ1v) is 10.1. The predicted molar refractivity (Wildman–Crippen MR) is 103 cm³/mol. The molecule has 0 saturated heterocycles. The zero-order valence-electron chi connectivity index (χ0n) is 14.9. The molecule has 3 rings (SSSR count). The van der Waals surface area contributed by atoms with Gasteiger partial charge in [0.1, 0.15) is 5.75 Å². The first kappa shape index (κ1) is 18.3. The summed E-state index contributed by atoms with van der Waals surface area (Å²) in [6.45, 7) is 2.11. The van der Waals surface area contributed by atoms with Gasteiger partial charge in [0, 0.05) is 17.8 Å². The number of fused-ring (bicyclic) bond motifs is 1. The highest BCUT2D eigenvalue weighted by Gasteiger charge is 2.26. The Morgan fingerprint density at radius 3 is 2.77 bits per heavy atom. The van der Waals surface area contributed by atoms with Crippen LogP contribution in [-0.2, 0) is 16.4 Å². The van der Waals surface area contributed by atoms with E-state index < -0.39 is 10.0 Å². The van der Waals surface area contributed by atoms with Crippen molar-refractivity contribution in [3.8, 4) is 5.75 Å². The molecule has 0 radical (unpaired) electrons. The first-order chi connectivity index (χ1) is 12.4. The van der Waals surface area contributed by atoms with Gasteiger partial charge in [-0.3, -0.25) is 9.10 Å². The van der Waals surface area contributed by atoms with Gasteiger partial charge in [-0.25, -0.2) is 8.42 Å². The monoisotopic (exact) mass is 374 g/mol. The Bertz CT molecular complexity index is 925. The lowest BCUT2D eigenvalue weighted by Gasteiger charge is -2.30. The van der Waals surface area contributed by atoms with E-state index in [4.69, 9.17) is 4.74 Å². The lowest BCUT2D eigenvalue weighted by atomic mass is 10.0. The zero-order chi connectivity index (χ0) is 18.7. The van der Waals surface area contributed by atoms with Gasteiger partial charge in [-0.1, -0.05) is 12.1 Å². The topological polar surface area (TPSA) is 75.7 Å². The third kappa shape index (κ3) is 3.67. The van der Waals surface area contributed by atoms with Gasteiger partial charge in [0.25, 0.3) is 5.91 Å². The van der Waals surface area contributed by atoms with Gasteiger partial charge in [0.15, 0.2) is 0 Å². The zero-order valence-corrected chi connectivity index (χ0v) is 15.7. The smallest absolute Gasteiger partial charge is 0.255 e. The number of carbonyl (C=O) groups excluding carboxylic acids is 1. The highest BCUT2D eigenvalue weighted by atomic mass is 32.2. The predicted octanol–water partition coefficient (Wildman–Crippen LogP) is 3.05. The molecular formula is C19H22N2O4S. The van der Waals surface area contributed by atoms with Crippen molar-refractivity contribution < 1.29 is 17.9 Å². The number of hydrogen-bond donors (Lipinski definition) is 1. The van der Waals surface area contributed by atoms with E-state index >= 15 is 0 Å². The lowest BCUT2D eigenvalue weighted by molar-refractivity contribution is 0.102. The first-order valence-electron chi connectivity index (χ1n) is 8.53. The Morgan fingerprint density at radius 2 is 2.04 bits per heavy atom. The molecule has 0 saturated carbocycles. The van der Waals surface area contributed by atoms with E-state index in [0.29, 0.717) is 29.2 Å². The molecule has 7 heteroatoms. The van der Waals surface area contributed by atoms with E-state index in [9.17, 15) is 13.2 Å². The molecular weight excluding hydrogens is 352 g/mol. The Balaban J connectivity index is 1.88. The van der Waals surface area contributed by atoms with E-state index in [1.165, 1.54) is 4.31 Å². The minimum atomic E-state index is -3.34. The Labute approximate surface area is 153 Å². The van der Waals surface area contributed by atoms with E-state index in [1.54, 1.807) is 50.4 Å². The van der Waals surface area contributed by atoms with Crippen molar-refractivity contribution in [2.75, 3.05) is 29.0 Å². The average Bonchev–Trinajstić information content (AvgIpc) is 2.67. The molecule has 0 unspecified atom stereocenters. The van der Waals surface area contributed by atoms with Crippen LogP contribution in [0, 0.1) is 0 Å². The van der Waals surface area contributed by atoms with Crippen molar-refractivity contribution >= 4 is 27.3 Å². The Morgan fingerprint density at radius 1 is 1.23 bits per heavy atom. The standard InChI is InChI=1S/C19H22N2O4S/c1-3-26(23,24)21-11-5-7-14-9-10-16(13-18(14)21)20-19(22)15-6-4-8-17(12-15)25-2/h4,6,8-10,12-13H,3,5,7,11H2,1-2H3,(H,20,22). The summed E-state index contributed by atoms with van der Waals surface area (Å²) in [7, 11) is -1.79. The number of benzene rings is 2. The number of aryl methyl sites for hydroxylation is 1. The van der Waals surface area contributed by atoms with Crippen molar-refractivity contribution in [1.29, 1.82) is 0 Å². The van der Waals surface area contributed by atoms with Crippen molar-refractivity contribution in [2.24, 2.45) is 0 Å². The number of nitrogens with zero attached hydrogens (tertiary/aromatic N) is 1. The number of hydrogen-bond acceptors (Lipinski definition) is 4. The van der Waals surface area contributed by atoms with Crippen molar-refractivity contribution in [3.63, 3.8) is 0 Å². The fourth-order valence-electron chi connectivity index (χ4n) is 3.03. The van der Waals surface area contributed by atoms with Gasteiger partial charge in [-0.15, -0.1) is 0 Å². The minimum absolute atomic E-state index is 0.0484. The van der Waals surface area contributed by atoms with Gasteiger partial charge < -0.3 is 10.1 Å². The van der Waals surface area contributed by atoms with Crippen LogP contribution in [0.4, 0.5) is 11.4 Å². The number of sulfonamides is 1. The molecule has 0 aromatic heterocycles. The van der Waals surface area contributed by atoms with Crippen molar-refractivity contribution in [2.45, 2.75) is 19.8 Å². The largest absolute Gasteiger partial charge is 0.497 e. The molecule has 1 amide bonds. The molecule has 0 fully saturated rings. The van der Waals surface area contributed by atoms with E-state index in [0.717, 1.165) is 18.4 Å². The SMILES string of the molecule is CCS(=O)(=O)N1CCCc2ccc(NC(=O)c3cccc(OC)c3)cc21. The molecule has 6 nitrogen and oxygen atoms in total. The highest BCUT2D eigenvalue weighted by molar-refractivity contribution is 7.92. The maximum atomic E-state index is 12.5. The van der Waals surface area contributed by atoms with Gasteiger partial charge in [0.05, 0.1) is 18.6 Å². The third-order valence-electron chi connectivity index (χ3n) is 4.45. The van der Waals surface area contributed by atoms with Gasteiger partial charge in [-0.05, 0) is 55.7 Å². The number of anilines is 2. The highest BCUT2D eigenvalue weighted by Crippen LogP contribution is 2.32. The fourth-order valence-corrected chi connectivity index (χ4v) is 4.22. The molecule has 0 bridgehead atoms. The van der Waals surface area contributed by atoms with Crippen LogP contribution in [0.5, 0.6) is 5.75 Å². The minimum Gasteiger partial charge on any atom is -0.497 e. The van der Waals surface area contributed by atoms with E-state index in [-0.39, 0.29) is 11.7 Å². The maximum Gasteiger partial charge on any atom is 0.255 e. The van der Waals surface area contributed by atoms with Crippen molar-refractivity contribution in [1.82, 2.24) is 0 Å². The molecule has 0 atom stereocenters. The molecule has 1 aliphatic rings. The van der Waals surface area contributed by atoms with Crippen molar-refractivity contribution in [3.05, 3.63) is 53.6 Å². The van der Waals surface area contributed by atoms with Crippen LogP contribution < -0.4 is 14.4 Å². The van der Waals surface area contributed by atoms with Gasteiger partial charge >= 0.3 is 0 Å². The number of nitrogens with one attached hydrogen (secondary N) is 1. The molecule has 1 N–H and O–H groups in total. The molecule has 0 aliphatic carbocycles. The number of methoxy groups -OCH3 is 1. The number of rotatable bonds is 5. The second kappa shape index (κ2) is 7.37. The second-order valence-corrected chi connectivity index (χ2v) is 8.29. The molecule has 1 aliphatic heterocycles. The third-order valence-corrected chi connectivity index (χ3v) is 6.23. The van der Waals surface area contributed by atoms with Crippen LogP contribution in [-0.4, -0.2) is 33.7 Å². The van der Waals surface area contributed by atoms with E-state index in [1.807, 2.05) is 6.07 Å². The van der Waals surface area contributed by atoms with Gasteiger partial charge in [0.2, 0.25) is 10.0 Å². The van der Waals surface area contributed by atoms with E-state index in [2.05, 4.69) is 5.32 Å². The summed E-state index contributed by atoms with van der Waals surface area (Å²) < 4.78 is 31.3. The molecule has 2 aromatic carbocycles.